The summed E-state index contributed by atoms with van der Waals surface area (Å²) in [5.74, 6) is 1.84. The van der Waals surface area contributed by atoms with E-state index in [2.05, 4.69) is 10.5 Å². The van der Waals surface area contributed by atoms with E-state index >= 15 is 0 Å². The predicted octanol–water partition coefficient (Wildman–Crippen LogP) is 1.84. The fourth-order valence-electron chi connectivity index (χ4n) is 5.21. The Balaban J connectivity index is 1.72. The molecular formula is C15H25N3O2. The molecule has 4 aliphatic rings. The molecule has 112 valence electrons. The zero-order valence-electron chi connectivity index (χ0n) is 12.1. The van der Waals surface area contributed by atoms with Crippen molar-refractivity contribution in [3.63, 3.8) is 0 Å². The van der Waals surface area contributed by atoms with Gasteiger partial charge in [-0.3, -0.25) is 4.79 Å². The van der Waals surface area contributed by atoms with Gasteiger partial charge in [0.05, 0.1) is 5.92 Å². The lowest BCUT2D eigenvalue weighted by Gasteiger charge is -2.57. The van der Waals surface area contributed by atoms with Crippen LogP contribution in [0, 0.1) is 23.7 Å². The number of carbonyl (C=O) groups is 1. The Morgan fingerprint density at radius 1 is 1.30 bits per heavy atom. The molecule has 0 radical (unpaired) electrons. The lowest BCUT2D eigenvalue weighted by atomic mass is 9.53. The van der Waals surface area contributed by atoms with Gasteiger partial charge in [-0.25, -0.2) is 0 Å². The molecule has 4 rings (SSSR count). The first-order valence-electron chi connectivity index (χ1n) is 7.84. The number of carbonyl (C=O) groups excluding carboxylic acids is 1. The van der Waals surface area contributed by atoms with Crippen LogP contribution < -0.4 is 11.1 Å². The van der Waals surface area contributed by atoms with Gasteiger partial charge in [0.2, 0.25) is 5.91 Å². The number of amidine groups is 1. The second-order valence-electron chi connectivity index (χ2n) is 7.17. The lowest BCUT2D eigenvalue weighted by Crippen LogP contribution is -2.61. The summed E-state index contributed by atoms with van der Waals surface area (Å²) in [5.41, 5.74) is 5.63. The summed E-state index contributed by atoms with van der Waals surface area (Å²) in [7, 11) is 0. The van der Waals surface area contributed by atoms with Crippen molar-refractivity contribution in [1.29, 1.82) is 0 Å². The third-order valence-electron chi connectivity index (χ3n) is 5.62. The van der Waals surface area contributed by atoms with Crippen molar-refractivity contribution in [3.8, 4) is 0 Å². The SMILES string of the molecule is CCC(C(=O)NC12CC3CC(CC(C3)C1)C2)C(N)=NO. The second-order valence-corrected chi connectivity index (χ2v) is 7.17. The molecule has 4 aliphatic carbocycles. The Labute approximate surface area is 120 Å². The Kier molecular flexibility index (Phi) is 3.38. The van der Waals surface area contributed by atoms with E-state index in [0.29, 0.717) is 6.42 Å². The number of hydrogen-bond donors (Lipinski definition) is 3. The van der Waals surface area contributed by atoms with Crippen LogP contribution in [0.2, 0.25) is 0 Å². The van der Waals surface area contributed by atoms with E-state index in [1.54, 1.807) is 0 Å². The van der Waals surface area contributed by atoms with Crippen LogP contribution in [-0.4, -0.2) is 22.5 Å². The Morgan fingerprint density at radius 3 is 2.20 bits per heavy atom. The monoisotopic (exact) mass is 279 g/mol. The molecule has 4 fully saturated rings. The molecule has 0 saturated heterocycles. The highest BCUT2D eigenvalue weighted by Crippen LogP contribution is 2.55. The molecule has 4 saturated carbocycles. The highest BCUT2D eigenvalue weighted by Gasteiger charge is 2.51. The van der Waals surface area contributed by atoms with Gasteiger partial charge < -0.3 is 16.3 Å². The van der Waals surface area contributed by atoms with Gasteiger partial charge >= 0.3 is 0 Å². The van der Waals surface area contributed by atoms with Gasteiger partial charge in [0.1, 0.15) is 0 Å². The average molecular weight is 279 g/mol. The van der Waals surface area contributed by atoms with Crippen molar-refractivity contribution in [2.45, 2.75) is 57.4 Å². The van der Waals surface area contributed by atoms with Crippen molar-refractivity contribution in [1.82, 2.24) is 5.32 Å². The summed E-state index contributed by atoms with van der Waals surface area (Å²) in [6, 6.07) is 0. The molecule has 5 nitrogen and oxygen atoms in total. The minimum Gasteiger partial charge on any atom is -0.409 e. The van der Waals surface area contributed by atoms with E-state index in [9.17, 15) is 4.79 Å². The third kappa shape index (κ3) is 2.27. The van der Waals surface area contributed by atoms with Crippen molar-refractivity contribution in [2.75, 3.05) is 0 Å². The maximum absolute atomic E-state index is 12.5. The van der Waals surface area contributed by atoms with Gasteiger partial charge in [0.25, 0.3) is 0 Å². The van der Waals surface area contributed by atoms with Crippen LogP contribution in [0.1, 0.15) is 51.9 Å². The normalized spacial score (nSPS) is 40.6. The molecule has 1 amide bonds. The van der Waals surface area contributed by atoms with Crippen molar-refractivity contribution in [2.24, 2.45) is 34.6 Å². The first kappa shape index (κ1) is 13.7. The summed E-state index contributed by atoms with van der Waals surface area (Å²) in [5, 5.41) is 15.1. The summed E-state index contributed by atoms with van der Waals surface area (Å²) >= 11 is 0. The van der Waals surface area contributed by atoms with Gasteiger partial charge in [-0.2, -0.15) is 0 Å². The number of nitrogens with zero attached hydrogens (tertiary/aromatic N) is 1. The summed E-state index contributed by atoms with van der Waals surface area (Å²) in [4.78, 5) is 12.5. The third-order valence-corrected chi connectivity index (χ3v) is 5.62. The number of nitrogens with one attached hydrogen (secondary N) is 1. The van der Waals surface area contributed by atoms with Crippen molar-refractivity contribution < 1.29 is 10.0 Å². The highest BCUT2D eigenvalue weighted by atomic mass is 16.4. The van der Waals surface area contributed by atoms with E-state index < -0.39 is 5.92 Å². The van der Waals surface area contributed by atoms with Crippen LogP contribution in [0.4, 0.5) is 0 Å². The van der Waals surface area contributed by atoms with E-state index in [4.69, 9.17) is 10.9 Å². The Morgan fingerprint density at radius 2 is 1.80 bits per heavy atom. The first-order valence-corrected chi connectivity index (χ1v) is 7.84. The van der Waals surface area contributed by atoms with Gasteiger partial charge in [0.15, 0.2) is 5.84 Å². The van der Waals surface area contributed by atoms with Crippen LogP contribution in [0.25, 0.3) is 0 Å². The smallest absolute Gasteiger partial charge is 0.231 e. The zero-order chi connectivity index (χ0) is 14.3. The summed E-state index contributed by atoms with van der Waals surface area (Å²) in [6.45, 7) is 1.89. The van der Waals surface area contributed by atoms with Crippen LogP contribution >= 0.6 is 0 Å². The van der Waals surface area contributed by atoms with Gasteiger partial charge in [-0.05, 0) is 62.7 Å². The Bertz CT molecular complexity index is 398. The molecule has 1 atom stereocenters. The molecule has 0 aromatic heterocycles. The van der Waals surface area contributed by atoms with Crippen molar-refractivity contribution in [3.05, 3.63) is 0 Å². The molecule has 5 heteroatoms. The van der Waals surface area contributed by atoms with E-state index in [0.717, 1.165) is 37.0 Å². The number of nitrogens with two attached hydrogens (primary N) is 1. The summed E-state index contributed by atoms with van der Waals surface area (Å²) in [6.07, 6.45) is 7.99. The quantitative estimate of drug-likeness (QED) is 0.317. The first-order chi connectivity index (χ1) is 9.55. The maximum atomic E-state index is 12.5. The van der Waals surface area contributed by atoms with E-state index in [-0.39, 0.29) is 17.3 Å². The summed E-state index contributed by atoms with van der Waals surface area (Å²) < 4.78 is 0. The number of oxime groups is 1. The topological polar surface area (TPSA) is 87.7 Å². The number of rotatable bonds is 4. The molecular weight excluding hydrogens is 254 g/mol. The van der Waals surface area contributed by atoms with Crippen molar-refractivity contribution >= 4 is 11.7 Å². The molecule has 0 aliphatic heterocycles. The van der Waals surface area contributed by atoms with Crippen LogP contribution in [0.3, 0.4) is 0 Å². The van der Waals surface area contributed by atoms with Crippen LogP contribution in [0.15, 0.2) is 5.16 Å². The fourth-order valence-corrected chi connectivity index (χ4v) is 5.21. The minimum absolute atomic E-state index is 0.00497. The van der Waals surface area contributed by atoms with Gasteiger partial charge in [-0.15, -0.1) is 0 Å². The molecule has 0 heterocycles. The molecule has 0 aromatic carbocycles. The van der Waals surface area contributed by atoms with Gasteiger partial charge in [-0.1, -0.05) is 12.1 Å². The van der Waals surface area contributed by atoms with E-state index in [1.165, 1.54) is 19.3 Å². The van der Waals surface area contributed by atoms with Crippen LogP contribution in [0.5, 0.6) is 0 Å². The minimum atomic E-state index is -0.506. The van der Waals surface area contributed by atoms with E-state index in [1.807, 2.05) is 6.92 Å². The maximum Gasteiger partial charge on any atom is 0.231 e. The molecule has 1 unspecified atom stereocenters. The number of hydrogen-bond acceptors (Lipinski definition) is 3. The standard InChI is InChI=1S/C15H25N3O2/c1-2-12(13(16)18-20)14(19)17-15-6-9-3-10(7-15)5-11(4-9)8-15/h9-12,20H,2-8H2,1H3,(H2,16,18)(H,17,19). The molecule has 4 N–H and O–H groups in total. The highest BCUT2D eigenvalue weighted by molar-refractivity contribution is 6.02. The fraction of sp³-hybridized carbons (Fsp3) is 0.867. The number of amides is 1. The Hall–Kier alpha value is -1.26. The molecule has 0 spiro atoms. The zero-order valence-corrected chi connectivity index (χ0v) is 12.1. The van der Waals surface area contributed by atoms with Crippen LogP contribution in [-0.2, 0) is 4.79 Å². The lowest BCUT2D eigenvalue weighted by molar-refractivity contribution is -0.129. The molecule has 20 heavy (non-hydrogen) atoms. The molecule has 0 aromatic rings. The second kappa shape index (κ2) is 4.93. The average Bonchev–Trinajstić information content (AvgIpc) is 2.36. The molecule has 4 bridgehead atoms. The predicted molar refractivity (Wildman–Crippen MR) is 76.2 cm³/mol. The largest absolute Gasteiger partial charge is 0.409 e. The van der Waals surface area contributed by atoms with Gasteiger partial charge in [0, 0.05) is 5.54 Å².